The molecule has 0 spiro atoms. The van der Waals surface area contributed by atoms with Crippen LogP contribution in [-0.4, -0.2) is 0 Å². The summed E-state index contributed by atoms with van der Waals surface area (Å²) in [5.74, 6) is 0.819. The molecule has 0 aromatic rings. The predicted molar refractivity (Wildman–Crippen MR) is 53.5 cm³/mol. The van der Waals surface area contributed by atoms with Crippen molar-refractivity contribution in [1.29, 1.82) is 0 Å². The van der Waals surface area contributed by atoms with Crippen molar-refractivity contribution in [2.75, 3.05) is 0 Å². The van der Waals surface area contributed by atoms with Crippen LogP contribution < -0.4 is 51.4 Å². The standard InChI is InChI=1S/C12H20.K/c1-5-6-10-7-8-11(9-10)12(2,3)4;/h11H,1,5-6,8-9H2,2-4H3;/q-2;+1. The molecule has 1 aliphatic carbocycles. The van der Waals surface area contributed by atoms with Gasteiger partial charge in [-0.1, -0.05) is 39.5 Å². The van der Waals surface area contributed by atoms with Crippen LogP contribution in [0.25, 0.3) is 0 Å². The van der Waals surface area contributed by atoms with Gasteiger partial charge in [0.2, 0.25) is 0 Å². The normalized spacial score (nSPS) is 22.5. The molecule has 0 amide bonds. The number of hydrogen-bond donors (Lipinski definition) is 0. The minimum Gasteiger partial charge on any atom is -0.497 e. The molecule has 0 N–H and O–H groups in total. The molecular weight excluding hydrogens is 183 g/mol. The van der Waals surface area contributed by atoms with Crippen molar-refractivity contribution in [1.82, 2.24) is 0 Å². The van der Waals surface area contributed by atoms with Gasteiger partial charge in [0.1, 0.15) is 0 Å². The largest absolute Gasteiger partial charge is 1.00 e. The van der Waals surface area contributed by atoms with Crippen LogP contribution in [0.2, 0.25) is 0 Å². The van der Waals surface area contributed by atoms with Crippen LogP contribution in [0.3, 0.4) is 0 Å². The summed E-state index contributed by atoms with van der Waals surface area (Å²) in [5, 5.41) is 0. The quantitative estimate of drug-likeness (QED) is 0.460. The molecule has 0 heterocycles. The van der Waals surface area contributed by atoms with Gasteiger partial charge in [0.15, 0.2) is 0 Å². The van der Waals surface area contributed by atoms with Gasteiger partial charge in [-0.15, -0.1) is 0 Å². The van der Waals surface area contributed by atoms with E-state index in [1.165, 1.54) is 18.4 Å². The summed E-state index contributed by atoms with van der Waals surface area (Å²) in [4.78, 5) is 0. The third kappa shape index (κ3) is 4.61. The smallest absolute Gasteiger partial charge is 0.497 e. The first-order chi connectivity index (χ1) is 5.54. The van der Waals surface area contributed by atoms with Crippen molar-refractivity contribution >= 4 is 0 Å². The molecule has 13 heavy (non-hydrogen) atoms. The van der Waals surface area contributed by atoms with Crippen LogP contribution in [0.1, 0.15) is 46.5 Å². The van der Waals surface area contributed by atoms with Gasteiger partial charge < -0.3 is 13.0 Å². The Bertz CT molecular complexity index is 174. The van der Waals surface area contributed by atoms with Crippen molar-refractivity contribution in [3.63, 3.8) is 0 Å². The van der Waals surface area contributed by atoms with E-state index >= 15 is 0 Å². The molecule has 1 aliphatic rings. The molecule has 0 bridgehead atoms. The van der Waals surface area contributed by atoms with E-state index in [9.17, 15) is 0 Å². The summed E-state index contributed by atoms with van der Waals surface area (Å²) in [6.45, 7) is 10.9. The van der Waals surface area contributed by atoms with E-state index in [0.717, 1.165) is 18.8 Å². The van der Waals surface area contributed by atoms with E-state index in [0.29, 0.717) is 5.41 Å². The second-order valence-electron chi connectivity index (χ2n) is 4.86. The zero-order valence-corrected chi connectivity index (χ0v) is 12.7. The fraction of sp³-hybridized carbons (Fsp3) is 0.750. The molecule has 0 saturated heterocycles. The van der Waals surface area contributed by atoms with E-state index in [-0.39, 0.29) is 51.4 Å². The average molecular weight is 203 g/mol. The van der Waals surface area contributed by atoms with Crippen LogP contribution in [0.4, 0.5) is 0 Å². The number of rotatable bonds is 2. The van der Waals surface area contributed by atoms with E-state index in [1.807, 2.05) is 0 Å². The second-order valence-corrected chi connectivity index (χ2v) is 4.86. The van der Waals surface area contributed by atoms with Crippen LogP contribution >= 0.6 is 0 Å². The summed E-state index contributed by atoms with van der Waals surface area (Å²) in [6, 6.07) is 0. The van der Waals surface area contributed by atoms with Crippen molar-refractivity contribution in [3.8, 4) is 0 Å². The maximum atomic E-state index is 3.88. The summed E-state index contributed by atoms with van der Waals surface area (Å²) >= 11 is 0. The van der Waals surface area contributed by atoms with Gasteiger partial charge >= 0.3 is 51.4 Å². The summed E-state index contributed by atoms with van der Waals surface area (Å²) in [5.41, 5.74) is 1.97. The summed E-state index contributed by atoms with van der Waals surface area (Å²) in [6.07, 6.45) is 8.11. The van der Waals surface area contributed by atoms with Crippen LogP contribution in [-0.2, 0) is 0 Å². The number of allylic oxidation sites excluding steroid dienone is 2. The molecule has 1 rings (SSSR count). The SMILES string of the molecule is [CH2-]CCC1=[C-]CC(C(C)(C)C)C1.[K+]. The Morgan fingerprint density at radius 1 is 1.46 bits per heavy atom. The van der Waals surface area contributed by atoms with E-state index < -0.39 is 0 Å². The first-order valence-electron chi connectivity index (χ1n) is 4.92. The van der Waals surface area contributed by atoms with Crippen molar-refractivity contribution in [2.45, 2.75) is 46.5 Å². The first kappa shape index (κ1) is 14.4. The van der Waals surface area contributed by atoms with Crippen molar-refractivity contribution in [2.24, 2.45) is 11.3 Å². The van der Waals surface area contributed by atoms with E-state index in [4.69, 9.17) is 0 Å². The van der Waals surface area contributed by atoms with Gasteiger partial charge in [0.05, 0.1) is 0 Å². The topological polar surface area (TPSA) is 0 Å². The van der Waals surface area contributed by atoms with Gasteiger partial charge in [-0.3, -0.25) is 5.57 Å². The van der Waals surface area contributed by atoms with Gasteiger partial charge in [0.25, 0.3) is 0 Å². The molecular formula is C12H20K-. The van der Waals surface area contributed by atoms with E-state index in [2.05, 4.69) is 33.8 Å². The minimum absolute atomic E-state index is 0. The molecule has 0 radical (unpaired) electrons. The Labute approximate surface area is 126 Å². The van der Waals surface area contributed by atoms with Gasteiger partial charge in [0, 0.05) is 0 Å². The van der Waals surface area contributed by atoms with E-state index in [1.54, 1.807) is 0 Å². The molecule has 0 aliphatic heterocycles. The van der Waals surface area contributed by atoms with Crippen LogP contribution in [0, 0.1) is 24.3 Å². The molecule has 0 aromatic heterocycles. The Kier molecular flexibility index (Phi) is 6.71. The van der Waals surface area contributed by atoms with Gasteiger partial charge in [-0.2, -0.15) is 12.8 Å². The van der Waals surface area contributed by atoms with Crippen LogP contribution in [0.5, 0.6) is 0 Å². The Morgan fingerprint density at radius 2 is 2.08 bits per heavy atom. The molecule has 0 saturated carbocycles. The average Bonchev–Trinajstić information content (AvgIpc) is 2.35. The zero-order chi connectivity index (χ0) is 9.19. The first-order valence-corrected chi connectivity index (χ1v) is 4.92. The minimum atomic E-state index is 0. The fourth-order valence-corrected chi connectivity index (χ4v) is 1.73. The summed E-state index contributed by atoms with van der Waals surface area (Å²) in [7, 11) is 0. The Hall–Kier alpha value is 1.38. The second kappa shape index (κ2) is 6.07. The maximum absolute atomic E-state index is 3.88. The zero-order valence-electron chi connectivity index (χ0n) is 9.61. The number of hydrogen-bond acceptors (Lipinski definition) is 0. The third-order valence-corrected chi connectivity index (χ3v) is 2.79. The maximum Gasteiger partial charge on any atom is 1.00 e. The molecule has 0 aromatic carbocycles. The fourth-order valence-electron chi connectivity index (χ4n) is 1.73. The summed E-state index contributed by atoms with van der Waals surface area (Å²) < 4.78 is 0. The van der Waals surface area contributed by atoms with Gasteiger partial charge in [-0.05, 0) is 5.41 Å². The van der Waals surface area contributed by atoms with Crippen LogP contribution in [0.15, 0.2) is 5.57 Å². The molecule has 1 atom stereocenters. The molecule has 1 unspecified atom stereocenters. The Morgan fingerprint density at radius 3 is 2.46 bits per heavy atom. The Balaban J connectivity index is 0.00000144. The molecule has 70 valence electrons. The van der Waals surface area contributed by atoms with Gasteiger partial charge in [-0.25, -0.2) is 0 Å². The molecule has 0 fully saturated rings. The van der Waals surface area contributed by atoms with Crippen molar-refractivity contribution < 1.29 is 51.4 Å². The molecule has 1 heteroatoms. The van der Waals surface area contributed by atoms with Crippen molar-refractivity contribution in [3.05, 3.63) is 18.6 Å². The monoisotopic (exact) mass is 203 g/mol. The third-order valence-electron chi connectivity index (χ3n) is 2.79. The predicted octanol–water partition coefficient (Wildman–Crippen LogP) is 0.790. The molecule has 0 nitrogen and oxygen atoms in total.